The quantitative estimate of drug-likeness (QED) is 0.0205. The highest BCUT2D eigenvalue weighted by atomic mass is 35.5. The third-order valence-corrected chi connectivity index (χ3v) is 19.8. The van der Waals surface area contributed by atoms with Crippen LogP contribution in [0.2, 0.25) is 19.1 Å². The van der Waals surface area contributed by atoms with Gasteiger partial charge in [-0.2, -0.15) is 0 Å². The average Bonchev–Trinajstić information content (AvgIpc) is 3.31. The van der Waals surface area contributed by atoms with E-state index in [9.17, 15) is 14.4 Å². The third-order valence-electron chi connectivity index (χ3n) is 12.1. The summed E-state index contributed by atoms with van der Waals surface area (Å²) in [5, 5.41) is 6.99. The maximum atomic E-state index is 13.9. The molecule has 13 heteroatoms. The molecule has 0 saturated carbocycles. The number of ether oxygens (including phenoxy) is 2. The van der Waals surface area contributed by atoms with Gasteiger partial charge >= 0.3 is 11.9 Å². The Balaban J connectivity index is 1.59. The number of carbonyl (C=O) groups excluding carboxylic acids is 3. The minimum Gasteiger partial charge on any atom is -0.461 e. The van der Waals surface area contributed by atoms with Crippen LogP contribution in [0, 0.1) is 0 Å². The highest BCUT2D eigenvalue weighted by Gasteiger charge is 2.45. The second kappa shape index (κ2) is 32.6. The van der Waals surface area contributed by atoms with E-state index in [4.69, 9.17) is 60.3 Å². The van der Waals surface area contributed by atoms with E-state index in [0.717, 1.165) is 37.9 Å². The van der Waals surface area contributed by atoms with Gasteiger partial charge in [-0.1, -0.05) is 211 Å². The molecule has 0 aliphatic rings. The second-order valence-electron chi connectivity index (χ2n) is 18.1. The van der Waals surface area contributed by atoms with Gasteiger partial charge in [-0.15, -0.1) is 0 Å². The minimum atomic E-state index is -2.30. The molecule has 0 aliphatic carbocycles. The van der Waals surface area contributed by atoms with E-state index in [1.54, 1.807) is 0 Å². The van der Waals surface area contributed by atoms with Gasteiger partial charge in [0, 0.05) is 6.42 Å². The molecule has 0 saturated heterocycles. The molecule has 3 rings (SSSR count). The zero-order valence-electron chi connectivity index (χ0n) is 39.4. The molecule has 0 heterocycles. The number of halogens is 4. The number of carbonyl (C=O) groups is 3. The Morgan fingerprint density at radius 3 is 1.29 bits per heavy atom. The Morgan fingerprint density at radius 1 is 0.538 bits per heavy atom. The van der Waals surface area contributed by atoms with Crippen LogP contribution in [0.5, 0.6) is 0 Å². The lowest BCUT2D eigenvalue weighted by Crippen LogP contribution is -2.60. The molecule has 0 aliphatic heterocycles. The fraction of sp³-hybridized carbons (Fsp3) is 0.596. The molecule has 3 aromatic carbocycles. The summed E-state index contributed by atoms with van der Waals surface area (Å²) in [5.41, 5.74) is -1.44. The summed E-state index contributed by atoms with van der Waals surface area (Å²) in [6.07, 6.45) is 24.3. The van der Waals surface area contributed by atoms with Crippen molar-refractivity contribution in [2.75, 3.05) is 26.0 Å². The molecule has 7 nitrogen and oxygen atoms in total. The fourth-order valence-corrected chi connectivity index (χ4v) is 14.9. The Hall–Kier alpha value is -2.16. The van der Waals surface area contributed by atoms with E-state index in [-0.39, 0.29) is 18.9 Å². The lowest BCUT2D eigenvalue weighted by Gasteiger charge is -2.36. The van der Waals surface area contributed by atoms with Gasteiger partial charge in [-0.05, 0) is 74.8 Å². The van der Waals surface area contributed by atoms with Crippen molar-refractivity contribution < 1.29 is 28.3 Å². The van der Waals surface area contributed by atoms with Gasteiger partial charge in [0.1, 0.15) is 41.9 Å². The molecule has 0 atom stereocenters. The first kappa shape index (κ1) is 57.2. The number of benzene rings is 3. The van der Waals surface area contributed by atoms with Crippen LogP contribution in [0.4, 0.5) is 0 Å². The maximum Gasteiger partial charge on any atom is 0.339 e. The van der Waals surface area contributed by atoms with Crippen molar-refractivity contribution in [1.82, 2.24) is 5.32 Å². The molecular formula is C52H77Cl4NO6PSi+. The predicted octanol–water partition coefficient (Wildman–Crippen LogP) is 13.6. The first-order valence-electron chi connectivity index (χ1n) is 24.2. The van der Waals surface area contributed by atoms with Crippen molar-refractivity contribution in [2.24, 2.45) is 0 Å². The Kier molecular flexibility index (Phi) is 28.6. The number of amides is 1. The molecule has 1 N–H and O–H groups in total. The number of hydrogen-bond donors (Lipinski definition) is 1. The second-order valence-corrected chi connectivity index (χ2v) is 28.2. The molecular weight excluding hydrogens is 935 g/mol. The summed E-state index contributed by atoms with van der Waals surface area (Å²) in [6.45, 7) is 5.68. The number of hydrogen-bond acceptors (Lipinski definition) is 6. The average molecular weight is 1010 g/mol. The van der Waals surface area contributed by atoms with Crippen LogP contribution in [0.1, 0.15) is 135 Å². The molecule has 3 aromatic rings. The van der Waals surface area contributed by atoms with Crippen LogP contribution in [0.3, 0.4) is 0 Å². The summed E-state index contributed by atoms with van der Waals surface area (Å²) in [7, 11) is -4.31. The van der Waals surface area contributed by atoms with Crippen LogP contribution < -0.4 is 21.2 Å². The van der Waals surface area contributed by atoms with Crippen molar-refractivity contribution in [3.05, 3.63) is 91.0 Å². The Bertz CT molecular complexity index is 1620. The van der Waals surface area contributed by atoms with E-state index in [1.165, 1.54) is 106 Å². The van der Waals surface area contributed by atoms with Crippen molar-refractivity contribution in [3.63, 3.8) is 0 Å². The summed E-state index contributed by atoms with van der Waals surface area (Å²) in [6, 6.07) is 33.1. The summed E-state index contributed by atoms with van der Waals surface area (Å²) >= 11 is 23.4. The van der Waals surface area contributed by atoms with Crippen LogP contribution >= 0.6 is 53.7 Å². The van der Waals surface area contributed by atoms with Crippen LogP contribution in [0.15, 0.2) is 91.0 Å². The Morgan fingerprint density at radius 2 is 0.908 bits per heavy atom. The van der Waals surface area contributed by atoms with E-state index in [0.29, 0.717) is 6.42 Å². The number of rotatable bonds is 36. The van der Waals surface area contributed by atoms with Gasteiger partial charge in [-0.3, -0.25) is 4.79 Å². The van der Waals surface area contributed by atoms with Gasteiger partial charge in [-0.25, -0.2) is 9.59 Å². The third kappa shape index (κ3) is 22.2. The number of esters is 2. The molecule has 0 aromatic heterocycles. The molecule has 0 bridgehead atoms. The number of unbranched alkanes of at least 4 members (excludes halogenated alkanes) is 17. The molecule has 362 valence electrons. The highest BCUT2D eigenvalue weighted by Crippen LogP contribution is 2.56. The summed E-state index contributed by atoms with van der Waals surface area (Å²) in [4.78, 5) is 36.1. The van der Waals surface area contributed by atoms with Gasteiger partial charge in [0.25, 0.3) is 0 Å². The maximum absolute atomic E-state index is 13.9. The topological polar surface area (TPSA) is 90.9 Å². The van der Waals surface area contributed by atoms with E-state index in [1.807, 2.05) is 0 Å². The molecule has 0 fully saturated rings. The smallest absolute Gasteiger partial charge is 0.339 e. The summed E-state index contributed by atoms with van der Waals surface area (Å²) < 4.78 is 17.6. The monoisotopic (exact) mass is 1010 g/mol. The zero-order chi connectivity index (χ0) is 47.2. The van der Waals surface area contributed by atoms with Gasteiger partial charge in [0.05, 0.1) is 12.8 Å². The SMILES string of the molecule is CCCCCCCCCCCCCCCCCC[Si](C)(C)OCC(COC(=O)C(Cl)Cl)(COC(=O)C(Cl)Cl)NC(=O)CCCCC[P+](c1ccccc1)(c1ccccc1)c1ccccc1. The predicted molar refractivity (Wildman–Crippen MR) is 280 cm³/mol. The zero-order valence-corrected chi connectivity index (χ0v) is 44.3. The fourth-order valence-electron chi connectivity index (χ4n) is 8.33. The van der Waals surface area contributed by atoms with Crippen LogP contribution in [0.25, 0.3) is 0 Å². The first-order valence-corrected chi connectivity index (χ1v) is 31.1. The molecule has 0 radical (unpaired) electrons. The standard InChI is InChI=1S/C52H76Cl4NO6PSi/c1-4-5-6-7-8-9-10-11-12-13-14-15-16-17-18-31-40-65(2,3)63-43-52(41-61-50(59)48(53)54,42-62-51(60)49(55)56)57-47(58)38-29-22-30-39-64(44-32-23-19-24-33-44,45-34-25-20-26-35-45)46-36-27-21-28-37-46/h19-21,23-28,32-37,48-49H,4-18,22,29-31,38-43H2,1-3H3/p+1. The number of alkyl halides is 4. The highest BCUT2D eigenvalue weighted by molar-refractivity contribution is 7.95. The summed E-state index contributed by atoms with van der Waals surface area (Å²) in [5.74, 6) is -2.08. The van der Waals surface area contributed by atoms with Crippen LogP contribution in [-0.2, 0) is 28.3 Å². The molecule has 0 unspecified atom stereocenters. The normalized spacial score (nSPS) is 12.1. The van der Waals surface area contributed by atoms with Crippen LogP contribution in [-0.4, -0.2) is 67.4 Å². The molecule has 1 amide bonds. The minimum absolute atomic E-state index is 0.0694. The van der Waals surface area contributed by atoms with Gasteiger partial charge in [0.15, 0.2) is 8.32 Å². The molecule has 65 heavy (non-hydrogen) atoms. The number of nitrogens with one attached hydrogen (secondary N) is 1. The first-order chi connectivity index (χ1) is 31.3. The lowest BCUT2D eigenvalue weighted by molar-refractivity contribution is -0.152. The molecule has 0 spiro atoms. The van der Waals surface area contributed by atoms with Crippen molar-refractivity contribution in [3.8, 4) is 0 Å². The van der Waals surface area contributed by atoms with Gasteiger partial charge < -0.3 is 19.2 Å². The van der Waals surface area contributed by atoms with E-state index in [2.05, 4.69) is 116 Å². The van der Waals surface area contributed by atoms with E-state index < -0.39 is 55.9 Å². The van der Waals surface area contributed by atoms with Crippen molar-refractivity contribution in [1.29, 1.82) is 0 Å². The Labute approximate surface area is 413 Å². The largest absolute Gasteiger partial charge is 0.461 e. The van der Waals surface area contributed by atoms with Crippen molar-refractivity contribution >= 4 is 95.7 Å². The van der Waals surface area contributed by atoms with Crippen molar-refractivity contribution in [2.45, 2.75) is 170 Å². The lowest BCUT2D eigenvalue weighted by atomic mass is 10.0. The van der Waals surface area contributed by atoms with Gasteiger partial charge in [0.2, 0.25) is 15.6 Å². The van der Waals surface area contributed by atoms with E-state index >= 15 is 0 Å².